The van der Waals surface area contributed by atoms with Crippen molar-refractivity contribution in [1.82, 2.24) is 4.90 Å². The van der Waals surface area contributed by atoms with E-state index in [-0.39, 0.29) is 5.92 Å². The van der Waals surface area contributed by atoms with E-state index in [0.29, 0.717) is 0 Å². The Kier molecular flexibility index (Phi) is 3.29. The number of nitrogens with zero attached hydrogens (tertiary/aromatic N) is 1. The zero-order valence-electron chi connectivity index (χ0n) is 9.48. The van der Waals surface area contributed by atoms with E-state index in [4.69, 9.17) is 5.11 Å². The molecule has 2 aliphatic rings. The summed E-state index contributed by atoms with van der Waals surface area (Å²) in [5.74, 6) is 0.124. The lowest BCUT2D eigenvalue weighted by Gasteiger charge is -2.36. The molecule has 0 aromatic rings. The predicted octanol–water partition coefficient (Wildman–Crippen LogP) is 1.97. The summed E-state index contributed by atoms with van der Waals surface area (Å²) < 4.78 is 0. The van der Waals surface area contributed by atoms with Gasteiger partial charge in [-0.15, -0.1) is 0 Å². The molecule has 2 fully saturated rings. The van der Waals surface area contributed by atoms with Crippen LogP contribution in [0.15, 0.2) is 0 Å². The van der Waals surface area contributed by atoms with Crippen molar-refractivity contribution in [2.24, 2.45) is 11.8 Å². The maximum atomic E-state index is 10.8. The second-order valence-corrected chi connectivity index (χ2v) is 5.12. The number of carboxylic acids is 1. The van der Waals surface area contributed by atoms with Crippen molar-refractivity contribution in [3.8, 4) is 0 Å². The molecule has 0 amide bonds. The van der Waals surface area contributed by atoms with Crippen LogP contribution in [0.2, 0.25) is 0 Å². The molecule has 86 valence electrons. The van der Waals surface area contributed by atoms with Crippen LogP contribution in [0.3, 0.4) is 0 Å². The summed E-state index contributed by atoms with van der Waals surface area (Å²) in [5.41, 5.74) is 0. The van der Waals surface area contributed by atoms with Crippen molar-refractivity contribution < 1.29 is 9.90 Å². The second-order valence-electron chi connectivity index (χ2n) is 5.12. The smallest absolute Gasteiger partial charge is 0.306 e. The summed E-state index contributed by atoms with van der Waals surface area (Å²) in [6.07, 6.45) is 5.71. The molecule has 3 nitrogen and oxygen atoms in total. The van der Waals surface area contributed by atoms with Crippen molar-refractivity contribution in [2.45, 2.75) is 45.1 Å². The predicted molar refractivity (Wildman–Crippen MR) is 58.7 cm³/mol. The number of carbonyl (C=O) groups is 1. The maximum absolute atomic E-state index is 10.8. The summed E-state index contributed by atoms with van der Waals surface area (Å²) in [4.78, 5) is 13.4. The quantitative estimate of drug-likeness (QED) is 0.759. The van der Waals surface area contributed by atoms with Gasteiger partial charge in [0.2, 0.25) is 0 Å². The summed E-state index contributed by atoms with van der Waals surface area (Å²) in [6.45, 7) is 4.32. The van der Waals surface area contributed by atoms with Crippen LogP contribution in [-0.4, -0.2) is 35.1 Å². The Hall–Kier alpha value is -0.570. The number of hydrogen-bond donors (Lipinski definition) is 1. The minimum atomic E-state index is -0.603. The molecule has 0 radical (unpaired) electrons. The lowest BCUT2D eigenvalue weighted by atomic mass is 9.94. The molecule has 3 heteroatoms. The van der Waals surface area contributed by atoms with Gasteiger partial charge < -0.3 is 10.0 Å². The zero-order chi connectivity index (χ0) is 10.8. The highest BCUT2D eigenvalue weighted by molar-refractivity contribution is 5.70. The van der Waals surface area contributed by atoms with Gasteiger partial charge >= 0.3 is 5.97 Å². The highest BCUT2D eigenvalue weighted by Gasteiger charge is 2.33. The Morgan fingerprint density at radius 1 is 1.20 bits per heavy atom. The van der Waals surface area contributed by atoms with Crippen molar-refractivity contribution in [2.75, 3.05) is 13.1 Å². The number of aliphatic carboxylic acids is 1. The first kappa shape index (κ1) is 10.9. The van der Waals surface area contributed by atoms with Gasteiger partial charge in [-0.3, -0.25) is 4.79 Å². The van der Waals surface area contributed by atoms with E-state index >= 15 is 0 Å². The monoisotopic (exact) mass is 211 g/mol. The summed E-state index contributed by atoms with van der Waals surface area (Å²) in [6, 6.07) is 0.736. The molecule has 1 saturated carbocycles. The van der Waals surface area contributed by atoms with E-state index in [1.54, 1.807) is 0 Å². The van der Waals surface area contributed by atoms with E-state index in [0.717, 1.165) is 37.9 Å². The van der Waals surface area contributed by atoms with E-state index in [1.807, 2.05) is 0 Å². The van der Waals surface area contributed by atoms with Crippen LogP contribution < -0.4 is 0 Å². The van der Waals surface area contributed by atoms with Gasteiger partial charge in [-0.25, -0.2) is 0 Å². The fourth-order valence-corrected chi connectivity index (χ4v) is 3.15. The Morgan fingerprint density at radius 2 is 1.87 bits per heavy atom. The molecule has 1 saturated heterocycles. The van der Waals surface area contributed by atoms with Gasteiger partial charge in [-0.2, -0.15) is 0 Å². The number of hydrogen-bond acceptors (Lipinski definition) is 2. The Morgan fingerprint density at radius 3 is 2.33 bits per heavy atom. The molecule has 0 spiro atoms. The van der Waals surface area contributed by atoms with Gasteiger partial charge in [0.05, 0.1) is 5.92 Å². The van der Waals surface area contributed by atoms with Crippen LogP contribution in [0.25, 0.3) is 0 Å². The fourth-order valence-electron chi connectivity index (χ4n) is 3.15. The highest BCUT2D eigenvalue weighted by atomic mass is 16.4. The van der Waals surface area contributed by atoms with Gasteiger partial charge in [0.25, 0.3) is 0 Å². The van der Waals surface area contributed by atoms with Crippen LogP contribution in [0.4, 0.5) is 0 Å². The van der Waals surface area contributed by atoms with E-state index in [9.17, 15) is 4.79 Å². The average Bonchev–Trinajstić information content (AvgIpc) is 2.65. The van der Waals surface area contributed by atoms with Crippen LogP contribution >= 0.6 is 0 Å². The molecule has 1 N–H and O–H groups in total. The minimum Gasteiger partial charge on any atom is -0.481 e. The number of rotatable bonds is 2. The maximum Gasteiger partial charge on any atom is 0.306 e. The molecule has 0 aromatic heterocycles. The lowest BCUT2D eigenvalue weighted by Crippen LogP contribution is -2.43. The number of likely N-dealkylation sites (tertiary alicyclic amines) is 1. The number of carboxylic acid groups (broad SMARTS) is 1. The van der Waals surface area contributed by atoms with E-state index in [2.05, 4.69) is 11.8 Å². The second kappa shape index (κ2) is 4.52. The molecule has 0 aromatic carbocycles. The molecule has 2 rings (SSSR count). The Labute approximate surface area is 91.5 Å². The largest absolute Gasteiger partial charge is 0.481 e. The van der Waals surface area contributed by atoms with Crippen LogP contribution in [0, 0.1) is 11.8 Å². The third kappa shape index (κ3) is 2.33. The summed E-state index contributed by atoms with van der Waals surface area (Å²) in [7, 11) is 0. The first-order valence-electron chi connectivity index (χ1n) is 6.15. The molecular formula is C12H21NO2. The van der Waals surface area contributed by atoms with Crippen molar-refractivity contribution in [3.05, 3.63) is 0 Å². The summed E-state index contributed by atoms with van der Waals surface area (Å²) >= 11 is 0. The van der Waals surface area contributed by atoms with Gasteiger partial charge in [-0.1, -0.05) is 13.3 Å². The van der Waals surface area contributed by atoms with Gasteiger partial charge in [-0.05, 0) is 44.7 Å². The first-order valence-corrected chi connectivity index (χ1v) is 6.15. The third-order valence-corrected chi connectivity index (χ3v) is 4.16. The van der Waals surface area contributed by atoms with Crippen LogP contribution in [0.1, 0.15) is 39.0 Å². The van der Waals surface area contributed by atoms with Crippen molar-refractivity contribution in [3.63, 3.8) is 0 Å². The minimum absolute atomic E-state index is 0.0852. The molecule has 1 aliphatic heterocycles. The molecule has 1 aliphatic carbocycles. The Balaban J connectivity index is 1.85. The van der Waals surface area contributed by atoms with Crippen LogP contribution in [-0.2, 0) is 4.79 Å². The normalized spacial score (nSPS) is 34.5. The van der Waals surface area contributed by atoms with E-state index in [1.165, 1.54) is 19.3 Å². The zero-order valence-corrected chi connectivity index (χ0v) is 9.48. The molecular weight excluding hydrogens is 190 g/mol. The summed E-state index contributed by atoms with van der Waals surface area (Å²) in [5, 5.41) is 8.92. The lowest BCUT2D eigenvalue weighted by molar-refractivity contribution is -0.143. The average molecular weight is 211 g/mol. The molecule has 15 heavy (non-hydrogen) atoms. The van der Waals surface area contributed by atoms with Crippen molar-refractivity contribution in [1.29, 1.82) is 0 Å². The fraction of sp³-hybridized carbons (Fsp3) is 0.917. The third-order valence-electron chi connectivity index (χ3n) is 4.16. The van der Waals surface area contributed by atoms with Gasteiger partial charge in [0, 0.05) is 6.04 Å². The molecule has 1 heterocycles. The standard InChI is InChI=1S/C12H21NO2/c1-9-3-2-4-11(9)13-7-5-10(6-8-13)12(14)15/h9-11H,2-8H2,1H3,(H,14,15). The van der Waals surface area contributed by atoms with E-state index < -0.39 is 5.97 Å². The highest BCUT2D eigenvalue weighted by Crippen LogP contribution is 2.32. The first-order chi connectivity index (χ1) is 7.18. The topological polar surface area (TPSA) is 40.5 Å². The molecule has 2 atom stereocenters. The van der Waals surface area contributed by atoms with Crippen molar-refractivity contribution >= 4 is 5.97 Å². The SMILES string of the molecule is CC1CCCC1N1CCC(C(=O)O)CC1. The van der Waals surface area contributed by atoms with Gasteiger partial charge in [0.1, 0.15) is 0 Å². The van der Waals surface area contributed by atoms with Crippen LogP contribution in [0.5, 0.6) is 0 Å². The molecule has 2 unspecified atom stereocenters. The number of piperidine rings is 1. The Bertz CT molecular complexity index is 234. The van der Waals surface area contributed by atoms with Gasteiger partial charge in [0.15, 0.2) is 0 Å². The molecule has 0 bridgehead atoms.